The van der Waals surface area contributed by atoms with Crippen molar-refractivity contribution in [3.8, 4) is 0 Å². The van der Waals surface area contributed by atoms with E-state index in [1.54, 1.807) is 18.3 Å². The van der Waals surface area contributed by atoms with Crippen molar-refractivity contribution in [2.75, 3.05) is 5.32 Å². The summed E-state index contributed by atoms with van der Waals surface area (Å²) in [6.45, 7) is 0. The van der Waals surface area contributed by atoms with Crippen LogP contribution in [0, 0.1) is 5.82 Å². The quantitative estimate of drug-likeness (QED) is 0.788. The fraction of sp³-hybridized carbons (Fsp3) is 0.250. The van der Waals surface area contributed by atoms with Gasteiger partial charge in [-0.1, -0.05) is 0 Å². The van der Waals surface area contributed by atoms with Crippen molar-refractivity contribution in [1.29, 1.82) is 0 Å². The molecule has 24 heavy (non-hydrogen) atoms. The van der Waals surface area contributed by atoms with E-state index in [0.717, 1.165) is 31.5 Å². The van der Waals surface area contributed by atoms with Gasteiger partial charge < -0.3 is 16.2 Å². The van der Waals surface area contributed by atoms with Gasteiger partial charge >= 0.3 is 5.97 Å². The van der Waals surface area contributed by atoms with Crippen LogP contribution < -0.4 is 11.1 Å². The van der Waals surface area contributed by atoms with Gasteiger partial charge in [-0.05, 0) is 37.5 Å². The number of nitrogens with zero attached hydrogens (tertiary/aromatic N) is 2. The lowest BCUT2D eigenvalue weighted by molar-refractivity contribution is 0.0696. The Morgan fingerprint density at radius 3 is 2.54 bits per heavy atom. The van der Waals surface area contributed by atoms with Crippen LogP contribution >= 0.6 is 0 Å². The highest BCUT2D eigenvalue weighted by atomic mass is 19.1. The van der Waals surface area contributed by atoms with E-state index in [1.807, 2.05) is 0 Å². The minimum absolute atomic E-state index is 0.109. The van der Waals surface area contributed by atoms with Gasteiger partial charge in [0.15, 0.2) is 0 Å². The van der Waals surface area contributed by atoms with E-state index in [-0.39, 0.29) is 17.4 Å². The number of hydrogen-bond acceptors (Lipinski definition) is 5. The molecule has 0 aliphatic heterocycles. The van der Waals surface area contributed by atoms with Gasteiger partial charge in [0.2, 0.25) is 5.91 Å². The molecular formula is C16H17FN4O3. The lowest BCUT2D eigenvalue weighted by atomic mass is 9.93. The molecule has 8 heteroatoms. The first kappa shape index (κ1) is 17.3. The molecule has 0 unspecified atom stereocenters. The molecule has 1 saturated carbocycles. The van der Waals surface area contributed by atoms with Crippen molar-refractivity contribution in [1.82, 2.24) is 9.97 Å². The van der Waals surface area contributed by atoms with Crippen LogP contribution in [0.1, 0.15) is 40.0 Å². The van der Waals surface area contributed by atoms with Gasteiger partial charge in [-0.25, -0.2) is 14.2 Å². The van der Waals surface area contributed by atoms with Crippen molar-refractivity contribution >= 4 is 17.7 Å². The van der Waals surface area contributed by atoms with Crippen molar-refractivity contribution in [2.45, 2.75) is 25.3 Å². The summed E-state index contributed by atoms with van der Waals surface area (Å²) in [5.41, 5.74) is 5.27. The third kappa shape index (κ3) is 4.73. The molecule has 1 aliphatic carbocycles. The number of pyridine rings is 2. The van der Waals surface area contributed by atoms with E-state index < -0.39 is 17.7 Å². The maximum Gasteiger partial charge on any atom is 0.339 e. The normalized spacial score (nSPS) is 13.2. The molecule has 2 aromatic rings. The molecule has 3 rings (SSSR count). The molecule has 0 aromatic carbocycles. The van der Waals surface area contributed by atoms with Gasteiger partial charge in [0.1, 0.15) is 17.2 Å². The van der Waals surface area contributed by atoms with Gasteiger partial charge in [-0.3, -0.25) is 9.78 Å². The standard InChI is InChI=1S/C10H11FN2O2.C6H6N2O/c11-6-4-8(10(14)15)9(12-5-6)13-7-2-1-3-7;7-6(9)5-2-1-3-8-4-5/h4-5,7H,1-3H2,(H,12,13)(H,14,15);1-4H,(H2,7,9). The molecule has 7 nitrogen and oxygen atoms in total. The van der Waals surface area contributed by atoms with Crippen LogP contribution in [0.15, 0.2) is 36.8 Å². The Balaban J connectivity index is 0.000000198. The number of carbonyl (C=O) groups excluding carboxylic acids is 1. The van der Waals surface area contributed by atoms with Crippen molar-refractivity contribution in [2.24, 2.45) is 5.73 Å². The minimum atomic E-state index is -1.16. The van der Waals surface area contributed by atoms with E-state index >= 15 is 0 Å². The van der Waals surface area contributed by atoms with Crippen LogP contribution in [0.3, 0.4) is 0 Å². The predicted molar refractivity (Wildman–Crippen MR) is 85.2 cm³/mol. The summed E-state index contributed by atoms with van der Waals surface area (Å²) in [5.74, 6) is -1.98. The molecule has 2 heterocycles. The molecule has 126 valence electrons. The summed E-state index contributed by atoms with van der Waals surface area (Å²) in [6.07, 6.45) is 7.21. The highest BCUT2D eigenvalue weighted by molar-refractivity contribution is 5.93. The summed E-state index contributed by atoms with van der Waals surface area (Å²) in [6, 6.07) is 4.55. The number of anilines is 1. The van der Waals surface area contributed by atoms with Crippen molar-refractivity contribution in [3.05, 3.63) is 53.7 Å². The molecular weight excluding hydrogens is 315 g/mol. The third-order valence-electron chi connectivity index (χ3n) is 3.48. The summed E-state index contributed by atoms with van der Waals surface area (Å²) in [5, 5.41) is 11.8. The number of carboxylic acid groups (broad SMARTS) is 1. The van der Waals surface area contributed by atoms with Crippen LogP contribution in [-0.4, -0.2) is 33.0 Å². The highest BCUT2D eigenvalue weighted by Gasteiger charge is 2.20. The average Bonchev–Trinajstić information content (AvgIpc) is 2.53. The molecule has 0 radical (unpaired) electrons. The number of carbonyl (C=O) groups is 2. The summed E-state index contributed by atoms with van der Waals surface area (Å²) in [7, 11) is 0. The molecule has 0 bridgehead atoms. The number of amides is 1. The SMILES string of the molecule is NC(=O)c1cccnc1.O=C(O)c1cc(F)cnc1NC1CCC1. The van der Waals surface area contributed by atoms with E-state index in [4.69, 9.17) is 10.8 Å². The molecule has 0 saturated heterocycles. The van der Waals surface area contributed by atoms with Crippen LogP contribution in [0.2, 0.25) is 0 Å². The molecule has 4 N–H and O–H groups in total. The van der Waals surface area contributed by atoms with Crippen molar-refractivity contribution < 1.29 is 19.1 Å². The number of halogens is 1. The largest absolute Gasteiger partial charge is 0.478 e. The first-order valence-electron chi connectivity index (χ1n) is 7.32. The number of hydrogen-bond donors (Lipinski definition) is 3. The van der Waals surface area contributed by atoms with Crippen molar-refractivity contribution in [3.63, 3.8) is 0 Å². The fourth-order valence-corrected chi connectivity index (χ4v) is 1.97. The van der Waals surface area contributed by atoms with Gasteiger partial charge in [0, 0.05) is 18.4 Å². The second-order valence-corrected chi connectivity index (χ2v) is 5.23. The summed E-state index contributed by atoms with van der Waals surface area (Å²) in [4.78, 5) is 28.7. The van der Waals surface area contributed by atoms with Gasteiger partial charge in [-0.2, -0.15) is 0 Å². The molecule has 0 spiro atoms. The smallest absolute Gasteiger partial charge is 0.339 e. The first-order chi connectivity index (χ1) is 11.5. The number of primary amides is 1. The Morgan fingerprint density at radius 2 is 2.08 bits per heavy atom. The lowest BCUT2D eigenvalue weighted by Crippen LogP contribution is -2.28. The lowest BCUT2D eigenvalue weighted by Gasteiger charge is -2.27. The van der Waals surface area contributed by atoms with Gasteiger partial charge in [0.05, 0.1) is 11.8 Å². The Morgan fingerprint density at radius 1 is 1.33 bits per heavy atom. The van der Waals surface area contributed by atoms with Gasteiger partial charge in [-0.15, -0.1) is 0 Å². The first-order valence-corrected chi connectivity index (χ1v) is 7.32. The average molecular weight is 332 g/mol. The Bertz CT molecular complexity index is 721. The number of aromatic nitrogens is 2. The van der Waals surface area contributed by atoms with E-state index in [0.29, 0.717) is 5.56 Å². The van der Waals surface area contributed by atoms with E-state index in [1.165, 1.54) is 6.20 Å². The number of rotatable bonds is 4. The molecule has 1 amide bonds. The van der Waals surface area contributed by atoms with Crippen LogP contribution in [-0.2, 0) is 0 Å². The fourth-order valence-electron chi connectivity index (χ4n) is 1.97. The zero-order valence-electron chi connectivity index (χ0n) is 12.8. The van der Waals surface area contributed by atoms with Crippen LogP contribution in [0.5, 0.6) is 0 Å². The Hall–Kier alpha value is -3.03. The maximum atomic E-state index is 12.8. The Kier molecular flexibility index (Phi) is 5.78. The number of nitrogens with two attached hydrogens (primary N) is 1. The predicted octanol–water partition coefficient (Wildman–Crippen LogP) is 2.06. The highest BCUT2D eigenvalue weighted by Crippen LogP contribution is 2.24. The molecule has 1 aliphatic rings. The number of aromatic carboxylic acids is 1. The minimum Gasteiger partial charge on any atom is -0.478 e. The van der Waals surface area contributed by atoms with Gasteiger partial charge in [0.25, 0.3) is 0 Å². The monoisotopic (exact) mass is 332 g/mol. The summed E-state index contributed by atoms with van der Waals surface area (Å²) < 4.78 is 12.8. The second-order valence-electron chi connectivity index (χ2n) is 5.23. The van der Waals surface area contributed by atoms with E-state index in [9.17, 15) is 14.0 Å². The van der Waals surface area contributed by atoms with Crippen LogP contribution in [0.4, 0.5) is 10.2 Å². The number of carboxylic acids is 1. The molecule has 2 aromatic heterocycles. The second kappa shape index (κ2) is 8.00. The zero-order chi connectivity index (χ0) is 17.5. The molecule has 1 fully saturated rings. The maximum absolute atomic E-state index is 12.8. The third-order valence-corrected chi connectivity index (χ3v) is 3.48. The number of nitrogens with one attached hydrogen (secondary N) is 1. The zero-order valence-corrected chi connectivity index (χ0v) is 12.8. The summed E-state index contributed by atoms with van der Waals surface area (Å²) >= 11 is 0. The molecule has 0 atom stereocenters. The topological polar surface area (TPSA) is 118 Å². The van der Waals surface area contributed by atoms with E-state index in [2.05, 4.69) is 15.3 Å². The van der Waals surface area contributed by atoms with Crippen LogP contribution in [0.25, 0.3) is 0 Å². The Labute approximate surface area is 137 Å².